The van der Waals surface area contributed by atoms with E-state index in [4.69, 9.17) is 14.2 Å². The van der Waals surface area contributed by atoms with Crippen molar-refractivity contribution in [3.8, 4) is 11.5 Å². The second-order valence-electron chi connectivity index (χ2n) is 9.97. The Labute approximate surface area is 213 Å². The molecule has 0 fully saturated rings. The molecule has 2 aliphatic heterocycles. The highest BCUT2D eigenvalue weighted by Gasteiger charge is 2.28. The number of benzene rings is 1. The van der Waals surface area contributed by atoms with Crippen LogP contribution in [-0.4, -0.2) is 87.9 Å². The molecule has 0 unspecified atom stereocenters. The maximum atomic E-state index is 13.1. The summed E-state index contributed by atoms with van der Waals surface area (Å²) in [5.74, 6) is 1.68. The zero-order valence-electron chi connectivity index (χ0n) is 21.6. The van der Waals surface area contributed by atoms with Crippen LogP contribution in [0.25, 0.3) is 0 Å². The number of carbonyl (C=O) groups is 1. The zero-order valence-corrected chi connectivity index (χ0v) is 21.6. The minimum absolute atomic E-state index is 0.0358. The Bertz CT molecular complexity index is 999. The van der Waals surface area contributed by atoms with Gasteiger partial charge >= 0.3 is 0 Å². The molecule has 1 N–H and O–H groups in total. The molecule has 1 aromatic carbocycles. The molecule has 1 aromatic heterocycles. The van der Waals surface area contributed by atoms with Crippen molar-refractivity contribution in [1.82, 2.24) is 24.8 Å². The second-order valence-corrected chi connectivity index (χ2v) is 9.97. The van der Waals surface area contributed by atoms with Crippen LogP contribution in [0.1, 0.15) is 44.4 Å². The highest BCUT2D eigenvalue weighted by atomic mass is 16.5. The predicted molar refractivity (Wildman–Crippen MR) is 134 cm³/mol. The van der Waals surface area contributed by atoms with Gasteiger partial charge in [-0.1, -0.05) is 24.3 Å². The molecule has 2 bridgehead atoms. The van der Waals surface area contributed by atoms with Gasteiger partial charge in [-0.15, -0.1) is 5.10 Å². The van der Waals surface area contributed by atoms with Gasteiger partial charge in [-0.25, -0.2) is 0 Å². The van der Waals surface area contributed by atoms with E-state index in [2.05, 4.69) is 35.2 Å². The van der Waals surface area contributed by atoms with Gasteiger partial charge in [-0.3, -0.25) is 14.4 Å². The highest BCUT2D eigenvalue weighted by Crippen LogP contribution is 2.34. The summed E-state index contributed by atoms with van der Waals surface area (Å²) in [6.07, 6.45) is 3.66. The fourth-order valence-corrected chi connectivity index (χ4v) is 4.73. The number of aromatic nitrogens is 3. The number of nitrogens with zero attached hydrogens (tertiary/aromatic N) is 5. The summed E-state index contributed by atoms with van der Waals surface area (Å²) in [4.78, 5) is 17.1. The Morgan fingerprint density at radius 1 is 1.25 bits per heavy atom. The Balaban J connectivity index is 1.50. The first-order chi connectivity index (χ1) is 17.4. The van der Waals surface area contributed by atoms with Crippen LogP contribution in [0.2, 0.25) is 0 Å². The molecule has 4 rings (SSSR count). The van der Waals surface area contributed by atoms with Crippen molar-refractivity contribution in [2.45, 2.75) is 65.0 Å². The van der Waals surface area contributed by atoms with Crippen LogP contribution in [0.4, 0.5) is 0 Å². The first-order valence-electron chi connectivity index (χ1n) is 12.9. The van der Waals surface area contributed by atoms with Crippen LogP contribution in [0.3, 0.4) is 0 Å². The van der Waals surface area contributed by atoms with Gasteiger partial charge in [0.2, 0.25) is 5.91 Å². The number of aryl methyl sites for hydroxylation is 1. The fraction of sp³-hybridized carbons (Fsp3) is 0.654. The molecule has 2 aromatic rings. The molecule has 1 amide bonds. The van der Waals surface area contributed by atoms with Crippen LogP contribution in [-0.2, 0) is 29.2 Å². The number of fused-ring (bicyclic) bond motifs is 3. The first-order valence-corrected chi connectivity index (χ1v) is 12.9. The Morgan fingerprint density at radius 2 is 2.08 bits per heavy atom. The Morgan fingerprint density at radius 3 is 2.92 bits per heavy atom. The van der Waals surface area contributed by atoms with E-state index >= 15 is 0 Å². The predicted octanol–water partition coefficient (Wildman–Crippen LogP) is 2.10. The lowest BCUT2D eigenvalue weighted by Crippen LogP contribution is -2.47. The number of carbonyl (C=O) groups excluding carboxylic acids is 1. The molecule has 0 saturated carbocycles. The molecular formula is C26H39N5O5. The quantitative estimate of drug-likeness (QED) is 0.642. The average molecular weight is 502 g/mol. The number of aliphatic hydroxyl groups is 1. The SMILES string of the molecule is C[C@H](CO)N1C[C@H](C)[C@@H](CN(C)Cc2cccc3c2OCCCO3)OCc2cn(nn2)CCCC1=O. The van der Waals surface area contributed by atoms with Crippen LogP contribution >= 0.6 is 0 Å². The lowest BCUT2D eigenvalue weighted by atomic mass is 10.0. The summed E-state index contributed by atoms with van der Waals surface area (Å²) in [6.45, 7) is 8.02. The molecule has 0 radical (unpaired) electrons. The van der Waals surface area contributed by atoms with Crippen LogP contribution in [0.5, 0.6) is 11.5 Å². The fourth-order valence-electron chi connectivity index (χ4n) is 4.73. The number of rotatable bonds is 6. The second kappa shape index (κ2) is 12.5. The van der Waals surface area contributed by atoms with Gasteiger partial charge in [0.05, 0.1) is 44.8 Å². The smallest absolute Gasteiger partial charge is 0.222 e. The van der Waals surface area contributed by atoms with Crippen molar-refractivity contribution in [2.75, 3.05) is 40.0 Å². The van der Waals surface area contributed by atoms with E-state index in [-0.39, 0.29) is 30.6 Å². The van der Waals surface area contributed by atoms with Crippen LogP contribution in [0, 0.1) is 5.92 Å². The summed E-state index contributed by atoms with van der Waals surface area (Å²) in [5.41, 5.74) is 1.85. The van der Waals surface area contributed by atoms with Crippen LogP contribution < -0.4 is 9.47 Å². The molecule has 10 nitrogen and oxygen atoms in total. The number of aliphatic hydroxyl groups excluding tert-OH is 1. The van der Waals surface area contributed by atoms with Crippen molar-refractivity contribution < 1.29 is 24.1 Å². The lowest BCUT2D eigenvalue weighted by molar-refractivity contribution is -0.136. The summed E-state index contributed by atoms with van der Waals surface area (Å²) in [5, 5.41) is 18.2. The van der Waals surface area contributed by atoms with E-state index in [9.17, 15) is 9.90 Å². The summed E-state index contributed by atoms with van der Waals surface area (Å²) >= 11 is 0. The lowest BCUT2D eigenvalue weighted by Gasteiger charge is -2.35. The summed E-state index contributed by atoms with van der Waals surface area (Å²) in [6, 6.07) is 5.77. The van der Waals surface area contributed by atoms with Gasteiger partial charge in [-0.05, 0) is 26.5 Å². The van der Waals surface area contributed by atoms with E-state index in [0.717, 1.165) is 29.2 Å². The van der Waals surface area contributed by atoms with E-state index < -0.39 is 0 Å². The van der Waals surface area contributed by atoms with Crippen molar-refractivity contribution in [1.29, 1.82) is 0 Å². The van der Waals surface area contributed by atoms with Crippen molar-refractivity contribution in [2.24, 2.45) is 5.92 Å². The number of likely N-dealkylation sites (N-methyl/N-ethyl adjacent to an activating group) is 1. The van der Waals surface area contributed by atoms with Gasteiger partial charge in [0.15, 0.2) is 11.5 Å². The highest BCUT2D eigenvalue weighted by molar-refractivity contribution is 5.76. The van der Waals surface area contributed by atoms with Gasteiger partial charge in [-0.2, -0.15) is 0 Å². The van der Waals surface area contributed by atoms with Crippen LogP contribution in [0.15, 0.2) is 24.4 Å². The topological polar surface area (TPSA) is 102 Å². The van der Waals surface area contributed by atoms with E-state index in [1.54, 1.807) is 9.58 Å². The molecule has 36 heavy (non-hydrogen) atoms. The molecule has 198 valence electrons. The third-order valence-electron chi connectivity index (χ3n) is 6.83. The van der Waals surface area contributed by atoms with Gasteiger partial charge in [0.1, 0.15) is 5.69 Å². The maximum Gasteiger partial charge on any atom is 0.222 e. The number of ether oxygens (including phenoxy) is 3. The van der Waals surface area contributed by atoms with E-state index in [0.29, 0.717) is 58.8 Å². The largest absolute Gasteiger partial charge is 0.490 e. The van der Waals surface area contributed by atoms with Gasteiger partial charge in [0, 0.05) is 50.5 Å². The Kier molecular flexibility index (Phi) is 9.17. The standard InChI is InChI=1S/C26H39N5O5/c1-19-13-31(20(2)17-32)25(33)9-5-10-30-15-22(27-28-30)18-36-24(19)16-29(3)14-21-7-4-8-23-26(21)35-12-6-11-34-23/h4,7-8,15,19-20,24,32H,5-6,9-14,16-18H2,1-3H3/t19-,20+,24+/m0/s1. The van der Waals surface area contributed by atoms with Crippen molar-refractivity contribution in [3.05, 3.63) is 35.7 Å². The molecule has 0 saturated heterocycles. The zero-order chi connectivity index (χ0) is 25.5. The average Bonchev–Trinajstić information content (AvgIpc) is 3.18. The summed E-state index contributed by atoms with van der Waals surface area (Å²) < 4.78 is 20.0. The number of para-hydroxylation sites is 1. The van der Waals surface area contributed by atoms with E-state index in [1.165, 1.54) is 0 Å². The number of hydrogen-bond donors (Lipinski definition) is 1. The number of amides is 1. The Hall–Kier alpha value is -2.69. The van der Waals surface area contributed by atoms with Crippen molar-refractivity contribution in [3.63, 3.8) is 0 Å². The third kappa shape index (κ3) is 6.74. The molecule has 3 heterocycles. The summed E-state index contributed by atoms with van der Waals surface area (Å²) in [7, 11) is 2.06. The van der Waals surface area contributed by atoms with Gasteiger partial charge in [0.25, 0.3) is 0 Å². The number of hydrogen-bond acceptors (Lipinski definition) is 8. The monoisotopic (exact) mass is 501 g/mol. The van der Waals surface area contributed by atoms with Crippen molar-refractivity contribution >= 4 is 5.91 Å². The minimum atomic E-state index is -0.252. The molecular weight excluding hydrogens is 462 g/mol. The molecule has 3 atom stereocenters. The van der Waals surface area contributed by atoms with E-state index in [1.807, 2.05) is 25.3 Å². The maximum absolute atomic E-state index is 13.1. The first kappa shape index (κ1) is 26.4. The third-order valence-corrected chi connectivity index (χ3v) is 6.83. The minimum Gasteiger partial charge on any atom is -0.490 e. The normalized spacial score (nSPS) is 22.4. The molecule has 0 aliphatic carbocycles. The molecule has 0 spiro atoms. The molecule has 10 heteroatoms. The molecule has 2 aliphatic rings. The van der Waals surface area contributed by atoms with Gasteiger partial charge < -0.3 is 24.2 Å².